The Bertz CT molecular complexity index is 1350. The van der Waals surface area contributed by atoms with E-state index in [2.05, 4.69) is 6.58 Å². The zero-order valence-corrected chi connectivity index (χ0v) is 17.8. The molecule has 0 spiro atoms. The Labute approximate surface area is 191 Å². The van der Waals surface area contributed by atoms with Crippen molar-refractivity contribution in [2.75, 3.05) is 6.61 Å². The summed E-state index contributed by atoms with van der Waals surface area (Å²) in [4.78, 5) is 0. The van der Waals surface area contributed by atoms with Gasteiger partial charge in [-0.05, 0) is 53.1 Å². The quantitative estimate of drug-likeness (QED) is 0.152. The van der Waals surface area contributed by atoms with Crippen LogP contribution in [-0.2, 0) is 12.8 Å². The minimum atomic E-state index is -1.55. The normalized spacial score (nSPS) is 11.1. The topological polar surface area (TPSA) is 9.23 Å². The highest BCUT2D eigenvalue weighted by Gasteiger charge is 2.16. The molecular formula is C27H18F6O. The molecule has 4 rings (SSSR count). The Hall–Kier alpha value is -3.74. The summed E-state index contributed by atoms with van der Waals surface area (Å²) in [6.07, 6.45) is 1.65. The van der Waals surface area contributed by atoms with Crippen molar-refractivity contribution >= 4 is 10.8 Å². The second-order valence-corrected chi connectivity index (χ2v) is 7.71. The maximum Gasteiger partial charge on any atom is 0.194 e. The Balaban J connectivity index is 1.62. The van der Waals surface area contributed by atoms with E-state index in [1.165, 1.54) is 30.3 Å². The van der Waals surface area contributed by atoms with Gasteiger partial charge in [0.05, 0.1) is 5.56 Å². The Morgan fingerprint density at radius 2 is 1.38 bits per heavy atom. The molecule has 4 aromatic carbocycles. The number of aryl methyl sites for hydroxylation is 2. The number of fused-ring (bicyclic) bond motifs is 1. The fourth-order valence-corrected chi connectivity index (χ4v) is 3.78. The average Bonchev–Trinajstić information content (AvgIpc) is 2.80. The fourth-order valence-electron chi connectivity index (χ4n) is 3.78. The van der Waals surface area contributed by atoms with Crippen molar-refractivity contribution in [3.8, 4) is 16.9 Å². The van der Waals surface area contributed by atoms with Gasteiger partial charge in [0, 0.05) is 17.5 Å². The largest absolute Gasteiger partial charge is 0.489 e. The molecule has 0 saturated heterocycles. The van der Waals surface area contributed by atoms with Gasteiger partial charge in [-0.15, -0.1) is 0 Å². The minimum Gasteiger partial charge on any atom is -0.489 e. The highest BCUT2D eigenvalue weighted by Crippen LogP contribution is 2.33. The van der Waals surface area contributed by atoms with Crippen molar-refractivity contribution in [3.63, 3.8) is 0 Å². The van der Waals surface area contributed by atoms with Crippen LogP contribution in [0.5, 0.6) is 5.75 Å². The molecule has 0 aromatic heterocycles. The summed E-state index contributed by atoms with van der Waals surface area (Å²) >= 11 is 0. The van der Waals surface area contributed by atoms with Gasteiger partial charge in [0.25, 0.3) is 0 Å². The molecule has 0 heterocycles. The summed E-state index contributed by atoms with van der Waals surface area (Å²) in [5.41, 5.74) is 0.434. The van der Waals surface area contributed by atoms with Gasteiger partial charge in [-0.25, -0.2) is 26.3 Å². The first kappa shape index (κ1) is 23.4. The van der Waals surface area contributed by atoms with E-state index in [0.717, 1.165) is 24.3 Å². The number of rotatable bonds is 7. The van der Waals surface area contributed by atoms with Crippen LogP contribution in [0, 0.1) is 34.9 Å². The third-order valence-corrected chi connectivity index (χ3v) is 5.43. The molecule has 34 heavy (non-hydrogen) atoms. The molecule has 1 nitrogen and oxygen atoms in total. The molecule has 0 fully saturated rings. The first-order valence-corrected chi connectivity index (χ1v) is 10.4. The fraction of sp³-hybridized carbons (Fsp3) is 0.111. The number of hydrogen-bond donors (Lipinski definition) is 0. The third-order valence-electron chi connectivity index (χ3n) is 5.43. The lowest BCUT2D eigenvalue weighted by atomic mass is 9.96. The van der Waals surface area contributed by atoms with Crippen LogP contribution in [0.3, 0.4) is 0 Å². The van der Waals surface area contributed by atoms with E-state index in [-0.39, 0.29) is 52.8 Å². The van der Waals surface area contributed by atoms with Crippen molar-refractivity contribution in [1.82, 2.24) is 0 Å². The van der Waals surface area contributed by atoms with Crippen LogP contribution in [0.1, 0.15) is 11.1 Å². The maximum absolute atomic E-state index is 15.1. The molecule has 0 atom stereocenters. The first-order chi connectivity index (χ1) is 16.3. The lowest BCUT2D eigenvalue weighted by Crippen LogP contribution is -1.99. The van der Waals surface area contributed by atoms with E-state index in [4.69, 9.17) is 4.74 Å². The van der Waals surface area contributed by atoms with Crippen molar-refractivity contribution in [3.05, 3.63) is 113 Å². The zero-order chi connectivity index (χ0) is 24.4. The Morgan fingerprint density at radius 1 is 0.706 bits per heavy atom. The molecule has 0 saturated carbocycles. The molecule has 0 bridgehead atoms. The third kappa shape index (κ3) is 4.64. The number of ether oxygens (including phenoxy) is 1. The van der Waals surface area contributed by atoms with Gasteiger partial charge in [0.2, 0.25) is 0 Å². The van der Waals surface area contributed by atoms with Gasteiger partial charge in [-0.2, -0.15) is 0 Å². The second kappa shape index (κ2) is 9.63. The van der Waals surface area contributed by atoms with Gasteiger partial charge in [-0.3, -0.25) is 0 Å². The van der Waals surface area contributed by atoms with Crippen LogP contribution >= 0.6 is 0 Å². The summed E-state index contributed by atoms with van der Waals surface area (Å²) in [6.45, 7) is 3.58. The highest BCUT2D eigenvalue weighted by molar-refractivity contribution is 5.88. The predicted octanol–water partition coefficient (Wildman–Crippen LogP) is 7.69. The van der Waals surface area contributed by atoms with E-state index in [9.17, 15) is 22.0 Å². The predicted molar refractivity (Wildman–Crippen MR) is 119 cm³/mol. The van der Waals surface area contributed by atoms with Crippen LogP contribution in [0.2, 0.25) is 0 Å². The van der Waals surface area contributed by atoms with E-state index in [0.29, 0.717) is 5.39 Å². The molecule has 0 aliphatic heterocycles. The van der Waals surface area contributed by atoms with Crippen molar-refractivity contribution in [2.45, 2.75) is 12.8 Å². The van der Waals surface area contributed by atoms with Crippen molar-refractivity contribution < 1.29 is 31.1 Å². The number of halogens is 6. The molecule has 0 amide bonds. The number of hydrogen-bond acceptors (Lipinski definition) is 1. The molecule has 0 N–H and O–H groups in total. The molecule has 0 radical (unpaired) electrons. The summed E-state index contributed by atoms with van der Waals surface area (Å²) < 4.78 is 89.4. The van der Waals surface area contributed by atoms with E-state index in [1.807, 2.05) is 0 Å². The maximum atomic E-state index is 15.1. The van der Waals surface area contributed by atoms with Gasteiger partial charge < -0.3 is 4.74 Å². The minimum absolute atomic E-state index is 0.0241. The Kier molecular flexibility index (Phi) is 6.63. The van der Waals surface area contributed by atoms with Gasteiger partial charge in [0.1, 0.15) is 29.8 Å². The van der Waals surface area contributed by atoms with Crippen LogP contribution in [0.25, 0.3) is 21.9 Å². The molecule has 0 aliphatic carbocycles. The smallest absolute Gasteiger partial charge is 0.194 e. The second-order valence-electron chi connectivity index (χ2n) is 7.71. The monoisotopic (exact) mass is 472 g/mol. The SMILES string of the molecule is C=CCOc1cc(F)c(-c2ccc3c(F)c(CCc4cc(F)c(F)c(F)c4)ccc3c2)c(F)c1. The summed E-state index contributed by atoms with van der Waals surface area (Å²) in [7, 11) is 0. The van der Waals surface area contributed by atoms with Crippen LogP contribution in [-0.4, -0.2) is 6.61 Å². The van der Waals surface area contributed by atoms with Crippen molar-refractivity contribution in [1.29, 1.82) is 0 Å². The van der Waals surface area contributed by atoms with Gasteiger partial charge >= 0.3 is 0 Å². The van der Waals surface area contributed by atoms with Gasteiger partial charge in [-0.1, -0.05) is 36.9 Å². The molecule has 174 valence electrons. The van der Waals surface area contributed by atoms with E-state index >= 15 is 4.39 Å². The molecular weight excluding hydrogens is 454 g/mol. The number of benzene rings is 4. The standard InChI is InChI=1S/C27H18F6O/c1-2-9-34-19-13-21(28)25(22(29)14-19)18-7-8-20-17(12-18)6-5-16(26(20)32)4-3-15-10-23(30)27(33)24(31)11-15/h2,5-8,10-14H,1,3-4,9H2. The van der Waals surface area contributed by atoms with E-state index < -0.39 is 34.9 Å². The van der Waals surface area contributed by atoms with Crippen LogP contribution in [0.4, 0.5) is 26.3 Å². The lowest BCUT2D eigenvalue weighted by Gasteiger charge is -2.11. The Morgan fingerprint density at radius 3 is 2.03 bits per heavy atom. The van der Waals surface area contributed by atoms with Crippen molar-refractivity contribution in [2.24, 2.45) is 0 Å². The first-order valence-electron chi connectivity index (χ1n) is 10.4. The summed E-state index contributed by atoms with van der Waals surface area (Å²) in [5.74, 6) is -6.34. The zero-order valence-electron chi connectivity index (χ0n) is 17.8. The van der Waals surface area contributed by atoms with Gasteiger partial charge in [0.15, 0.2) is 17.5 Å². The van der Waals surface area contributed by atoms with E-state index in [1.54, 1.807) is 6.07 Å². The molecule has 4 aromatic rings. The van der Waals surface area contributed by atoms with Crippen LogP contribution in [0.15, 0.2) is 67.3 Å². The summed E-state index contributed by atoms with van der Waals surface area (Å²) in [5, 5.41) is 0.646. The molecule has 0 unspecified atom stereocenters. The molecule has 0 aliphatic rings. The lowest BCUT2D eigenvalue weighted by molar-refractivity contribution is 0.358. The summed E-state index contributed by atoms with van der Waals surface area (Å²) in [6, 6.07) is 11.3. The molecule has 7 heteroatoms. The average molecular weight is 472 g/mol. The van der Waals surface area contributed by atoms with Crippen LogP contribution < -0.4 is 4.74 Å². The highest BCUT2D eigenvalue weighted by atomic mass is 19.2.